The molecule has 1 fully saturated rings. The summed E-state index contributed by atoms with van der Waals surface area (Å²) in [6, 6.07) is 8.08. The van der Waals surface area contributed by atoms with Crippen LogP contribution in [0, 0.1) is 0 Å². The van der Waals surface area contributed by atoms with Gasteiger partial charge in [0.1, 0.15) is 5.75 Å². The lowest BCUT2D eigenvalue weighted by Crippen LogP contribution is -2.37. The van der Waals surface area contributed by atoms with Gasteiger partial charge >= 0.3 is 0 Å². The molecule has 7 heteroatoms. The molecule has 3 rings (SSSR count). The lowest BCUT2D eigenvalue weighted by atomic mass is 10.1. The zero-order valence-electron chi connectivity index (χ0n) is 13.2. The maximum Gasteiger partial charge on any atom is 0.247 e. The number of nitrogens with zero attached hydrogens (tertiary/aromatic N) is 4. The molecule has 2 heterocycles. The average Bonchev–Trinajstić information content (AvgIpc) is 2.63. The second-order valence-electron chi connectivity index (χ2n) is 5.27. The number of nitrogens with one attached hydrogen (secondary N) is 1. The lowest BCUT2D eigenvalue weighted by molar-refractivity contribution is 0.122. The van der Waals surface area contributed by atoms with E-state index < -0.39 is 0 Å². The fourth-order valence-corrected chi connectivity index (χ4v) is 2.40. The molecule has 0 radical (unpaired) electrons. The molecule has 0 atom stereocenters. The maximum atomic E-state index is 5.34. The third-order valence-electron chi connectivity index (χ3n) is 3.72. The van der Waals surface area contributed by atoms with Crippen molar-refractivity contribution in [3.05, 3.63) is 36.0 Å². The molecule has 0 bridgehead atoms. The van der Waals surface area contributed by atoms with Gasteiger partial charge in [0.2, 0.25) is 5.95 Å². The minimum atomic E-state index is 0.655. The van der Waals surface area contributed by atoms with E-state index in [1.165, 1.54) is 5.56 Å². The van der Waals surface area contributed by atoms with Crippen LogP contribution in [0.1, 0.15) is 5.56 Å². The van der Waals surface area contributed by atoms with Gasteiger partial charge in [-0.15, -0.1) is 5.10 Å². The first-order valence-electron chi connectivity index (χ1n) is 7.74. The molecule has 1 N–H and O–H groups in total. The first kappa shape index (κ1) is 15.5. The van der Waals surface area contributed by atoms with Crippen LogP contribution in [-0.2, 0) is 11.2 Å². The molecular weight excluding hydrogens is 294 g/mol. The van der Waals surface area contributed by atoms with Crippen LogP contribution in [0.15, 0.2) is 30.5 Å². The topological polar surface area (TPSA) is 72.4 Å². The molecule has 0 aliphatic carbocycles. The summed E-state index contributed by atoms with van der Waals surface area (Å²) in [5, 5.41) is 11.4. The number of aromatic nitrogens is 3. The van der Waals surface area contributed by atoms with Gasteiger partial charge in [-0.05, 0) is 24.1 Å². The number of benzene rings is 1. The van der Waals surface area contributed by atoms with Gasteiger partial charge < -0.3 is 19.7 Å². The van der Waals surface area contributed by atoms with E-state index in [2.05, 4.69) is 37.5 Å². The number of hydrogen-bond acceptors (Lipinski definition) is 7. The Bertz CT molecular complexity index is 614. The SMILES string of the molecule is COc1ccc(CCNc2cnnc(N3CCOCC3)n2)cc1. The molecule has 7 nitrogen and oxygen atoms in total. The second-order valence-corrected chi connectivity index (χ2v) is 5.27. The van der Waals surface area contributed by atoms with Crippen LogP contribution in [-0.4, -0.2) is 55.1 Å². The Labute approximate surface area is 135 Å². The summed E-state index contributed by atoms with van der Waals surface area (Å²) in [6.07, 6.45) is 2.55. The highest BCUT2D eigenvalue weighted by Crippen LogP contribution is 2.13. The molecule has 1 aromatic heterocycles. The standard InChI is InChI=1S/C16H21N5O2/c1-22-14-4-2-13(3-5-14)6-7-17-15-12-18-20-16(19-15)21-8-10-23-11-9-21/h2-5,12H,6-11H2,1H3,(H,17,19,20). The van der Waals surface area contributed by atoms with Crippen molar-refractivity contribution in [2.24, 2.45) is 0 Å². The summed E-state index contributed by atoms with van der Waals surface area (Å²) < 4.78 is 10.5. The van der Waals surface area contributed by atoms with Crippen LogP contribution in [0.25, 0.3) is 0 Å². The Kier molecular flexibility index (Phi) is 5.21. The van der Waals surface area contributed by atoms with E-state index in [1.807, 2.05) is 12.1 Å². The summed E-state index contributed by atoms with van der Waals surface area (Å²) in [5.74, 6) is 2.27. The van der Waals surface area contributed by atoms with Gasteiger partial charge in [0.15, 0.2) is 5.82 Å². The van der Waals surface area contributed by atoms with E-state index in [0.717, 1.165) is 37.6 Å². The summed E-state index contributed by atoms with van der Waals surface area (Å²) in [6.45, 7) is 3.80. The number of morpholine rings is 1. The van der Waals surface area contributed by atoms with Crippen molar-refractivity contribution in [1.29, 1.82) is 0 Å². The highest BCUT2D eigenvalue weighted by atomic mass is 16.5. The molecule has 1 saturated heterocycles. The number of methoxy groups -OCH3 is 1. The van der Waals surface area contributed by atoms with Crippen LogP contribution in [0.5, 0.6) is 5.75 Å². The van der Waals surface area contributed by atoms with E-state index in [1.54, 1.807) is 13.3 Å². The fourth-order valence-electron chi connectivity index (χ4n) is 2.40. The Morgan fingerprint density at radius 1 is 1.22 bits per heavy atom. The largest absolute Gasteiger partial charge is 0.497 e. The third kappa shape index (κ3) is 4.29. The van der Waals surface area contributed by atoms with Crippen molar-refractivity contribution in [2.75, 3.05) is 50.2 Å². The molecule has 1 aliphatic heterocycles. The third-order valence-corrected chi connectivity index (χ3v) is 3.72. The average molecular weight is 315 g/mol. The molecule has 122 valence electrons. The van der Waals surface area contributed by atoms with Gasteiger partial charge in [0.25, 0.3) is 0 Å². The van der Waals surface area contributed by atoms with E-state index in [4.69, 9.17) is 9.47 Å². The van der Waals surface area contributed by atoms with Crippen LogP contribution < -0.4 is 15.0 Å². The van der Waals surface area contributed by atoms with E-state index >= 15 is 0 Å². The predicted molar refractivity (Wildman–Crippen MR) is 88.0 cm³/mol. The van der Waals surface area contributed by atoms with Gasteiger partial charge in [-0.2, -0.15) is 10.1 Å². The minimum absolute atomic E-state index is 0.655. The summed E-state index contributed by atoms with van der Waals surface area (Å²) >= 11 is 0. The van der Waals surface area contributed by atoms with Gasteiger partial charge in [-0.3, -0.25) is 0 Å². The quantitative estimate of drug-likeness (QED) is 0.863. The van der Waals surface area contributed by atoms with Crippen LogP contribution >= 0.6 is 0 Å². The number of hydrogen-bond donors (Lipinski definition) is 1. The van der Waals surface area contributed by atoms with E-state index in [0.29, 0.717) is 19.2 Å². The molecule has 1 aliphatic rings. The van der Waals surface area contributed by atoms with Crippen molar-refractivity contribution in [2.45, 2.75) is 6.42 Å². The van der Waals surface area contributed by atoms with Crippen LogP contribution in [0.2, 0.25) is 0 Å². The Balaban J connectivity index is 1.53. The highest BCUT2D eigenvalue weighted by molar-refractivity contribution is 5.39. The van der Waals surface area contributed by atoms with Crippen LogP contribution in [0.4, 0.5) is 11.8 Å². The Morgan fingerprint density at radius 3 is 2.74 bits per heavy atom. The number of ether oxygens (including phenoxy) is 2. The molecule has 2 aromatic rings. The molecule has 0 saturated carbocycles. The molecule has 23 heavy (non-hydrogen) atoms. The first-order chi connectivity index (χ1) is 11.3. The number of rotatable bonds is 6. The predicted octanol–water partition coefficient (Wildman–Crippen LogP) is 1.37. The van der Waals surface area contributed by atoms with Gasteiger partial charge in [0, 0.05) is 19.6 Å². The maximum absolute atomic E-state index is 5.34. The number of anilines is 2. The summed E-state index contributed by atoms with van der Waals surface area (Å²) in [4.78, 5) is 6.61. The minimum Gasteiger partial charge on any atom is -0.497 e. The Hall–Kier alpha value is -2.41. The van der Waals surface area contributed by atoms with Crippen molar-refractivity contribution >= 4 is 11.8 Å². The Morgan fingerprint density at radius 2 is 2.00 bits per heavy atom. The van der Waals surface area contributed by atoms with Crippen molar-refractivity contribution in [3.63, 3.8) is 0 Å². The first-order valence-corrected chi connectivity index (χ1v) is 7.74. The van der Waals surface area contributed by atoms with Crippen LogP contribution in [0.3, 0.4) is 0 Å². The molecule has 0 unspecified atom stereocenters. The smallest absolute Gasteiger partial charge is 0.247 e. The highest BCUT2D eigenvalue weighted by Gasteiger charge is 2.14. The summed E-state index contributed by atoms with van der Waals surface area (Å²) in [7, 11) is 1.67. The molecular formula is C16H21N5O2. The van der Waals surface area contributed by atoms with Crippen molar-refractivity contribution < 1.29 is 9.47 Å². The van der Waals surface area contributed by atoms with Gasteiger partial charge in [0.05, 0.1) is 26.5 Å². The molecule has 0 amide bonds. The normalized spacial score (nSPS) is 14.6. The van der Waals surface area contributed by atoms with E-state index in [-0.39, 0.29) is 0 Å². The summed E-state index contributed by atoms with van der Waals surface area (Å²) in [5.41, 5.74) is 1.24. The van der Waals surface area contributed by atoms with Crippen molar-refractivity contribution in [1.82, 2.24) is 15.2 Å². The molecule has 0 spiro atoms. The van der Waals surface area contributed by atoms with Crippen molar-refractivity contribution in [3.8, 4) is 5.75 Å². The van der Waals surface area contributed by atoms with E-state index in [9.17, 15) is 0 Å². The zero-order valence-corrected chi connectivity index (χ0v) is 13.2. The fraction of sp³-hybridized carbons (Fsp3) is 0.438. The zero-order chi connectivity index (χ0) is 15.9. The molecule has 1 aromatic carbocycles. The van der Waals surface area contributed by atoms with Gasteiger partial charge in [-0.1, -0.05) is 12.1 Å². The lowest BCUT2D eigenvalue weighted by Gasteiger charge is -2.26. The monoisotopic (exact) mass is 315 g/mol. The van der Waals surface area contributed by atoms with Gasteiger partial charge in [-0.25, -0.2) is 0 Å². The second kappa shape index (κ2) is 7.73.